The van der Waals surface area contributed by atoms with Crippen LogP contribution in [-0.2, 0) is 4.74 Å². The lowest BCUT2D eigenvalue weighted by Gasteiger charge is -2.44. The third kappa shape index (κ3) is 3.49. The van der Waals surface area contributed by atoms with Crippen molar-refractivity contribution in [2.75, 3.05) is 49.2 Å². The van der Waals surface area contributed by atoms with Crippen LogP contribution in [0, 0.1) is 16.7 Å². The van der Waals surface area contributed by atoms with E-state index in [1.165, 1.54) is 0 Å². The number of nitrogens with zero attached hydrogens (tertiary/aromatic N) is 5. The molecule has 0 bridgehead atoms. The van der Waals surface area contributed by atoms with Gasteiger partial charge in [0.1, 0.15) is 5.82 Å². The zero-order valence-electron chi connectivity index (χ0n) is 14.8. The van der Waals surface area contributed by atoms with E-state index in [0.717, 1.165) is 57.1 Å². The van der Waals surface area contributed by atoms with Crippen molar-refractivity contribution in [2.24, 2.45) is 5.41 Å². The van der Waals surface area contributed by atoms with Crippen LogP contribution in [0.2, 0.25) is 0 Å². The Morgan fingerprint density at radius 1 is 1.15 bits per heavy atom. The van der Waals surface area contributed by atoms with Crippen LogP contribution < -0.4 is 9.80 Å². The summed E-state index contributed by atoms with van der Waals surface area (Å²) in [6, 6.07) is 10.1. The van der Waals surface area contributed by atoms with Crippen LogP contribution in [0.1, 0.15) is 18.4 Å². The number of ether oxygens (including phenoxy) is 1. The van der Waals surface area contributed by atoms with E-state index in [9.17, 15) is 5.26 Å². The van der Waals surface area contributed by atoms with Gasteiger partial charge in [0.15, 0.2) is 0 Å². The lowest BCUT2D eigenvalue weighted by Crippen LogP contribution is -2.51. The van der Waals surface area contributed by atoms with Crippen molar-refractivity contribution in [2.45, 2.75) is 12.8 Å². The van der Waals surface area contributed by atoms with Gasteiger partial charge >= 0.3 is 0 Å². The molecule has 4 rings (SSSR count). The topological polar surface area (TPSA) is 65.3 Å². The van der Waals surface area contributed by atoms with Gasteiger partial charge in [0.05, 0.1) is 31.0 Å². The van der Waals surface area contributed by atoms with Crippen molar-refractivity contribution < 1.29 is 4.74 Å². The molecule has 0 amide bonds. The first-order valence-electron chi connectivity index (χ1n) is 9.12. The van der Waals surface area contributed by atoms with Crippen LogP contribution in [0.25, 0.3) is 0 Å². The largest absolute Gasteiger partial charge is 0.379 e. The molecule has 3 heterocycles. The predicted molar refractivity (Wildman–Crippen MR) is 100 cm³/mol. The van der Waals surface area contributed by atoms with Gasteiger partial charge in [0.2, 0.25) is 0 Å². The van der Waals surface area contributed by atoms with Crippen molar-refractivity contribution in [1.82, 2.24) is 9.97 Å². The Hall–Kier alpha value is -2.65. The van der Waals surface area contributed by atoms with Crippen molar-refractivity contribution in [3.05, 3.63) is 48.4 Å². The fourth-order valence-electron chi connectivity index (χ4n) is 4.09. The molecular weight excluding hydrogens is 326 g/mol. The quantitative estimate of drug-likeness (QED) is 0.830. The van der Waals surface area contributed by atoms with Crippen molar-refractivity contribution in [1.29, 1.82) is 5.26 Å². The van der Waals surface area contributed by atoms with Gasteiger partial charge in [0, 0.05) is 49.7 Å². The van der Waals surface area contributed by atoms with E-state index in [1.807, 2.05) is 24.4 Å². The summed E-state index contributed by atoms with van der Waals surface area (Å²) in [5.41, 5.74) is 1.87. The normalized spacial score (nSPS) is 23.5. The summed E-state index contributed by atoms with van der Waals surface area (Å²) in [6.45, 7) is 5.17. The Labute approximate surface area is 154 Å². The number of benzene rings is 1. The van der Waals surface area contributed by atoms with E-state index in [1.54, 1.807) is 12.4 Å². The molecule has 0 unspecified atom stereocenters. The molecule has 6 heteroatoms. The van der Waals surface area contributed by atoms with Crippen molar-refractivity contribution in [3.8, 4) is 6.07 Å². The van der Waals surface area contributed by atoms with Gasteiger partial charge in [-0.15, -0.1) is 0 Å². The van der Waals surface area contributed by atoms with E-state index in [-0.39, 0.29) is 5.41 Å². The maximum atomic E-state index is 9.21. The van der Waals surface area contributed by atoms with E-state index >= 15 is 0 Å². The summed E-state index contributed by atoms with van der Waals surface area (Å²) in [6.07, 6.45) is 7.55. The molecule has 1 aromatic carbocycles. The number of hydrogen-bond acceptors (Lipinski definition) is 6. The number of nitriles is 1. The molecule has 2 saturated heterocycles. The maximum absolute atomic E-state index is 9.21. The SMILES string of the molecule is N#Cc1cccc(N2CCOC[C@@]3(CCCN(c4cnccn4)C3)C2)c1. The van der Waals surface area contributed by atoms with Gasteiger partial charge in [0.25, 0.3) is 0 Å². The molecule has 0 aliphatic carbocycles. The summed E-state index contributed by atoms with van der Waals surface area (Å²) >= 11 is 0. The summed E-state index contributed by atoms with van der Waals surface area (Å²) in [5, 5.41) is 9.21. The molecule has 2 aromatic rings. The van der Waals surface area contributed by atoms with E-state index in [4.69, 9.17) is 4.74 Å². The molecule has 0 radical (unpaired) electrons. The molecule has 1 atom stereocenters. The second-order valence-electron chi connectivity index (χ2n) is 7.22. The van der Waals surface area contributed by atoms with Gasteiger partial charge in [-0.1, -0.05) is 6.07 Å². The van der Waals surface area contributed by atoms with E-state index in [2.05, 4.69) is 31.9 Å². The smallest absolute Gasteiger partial charge is 0.147 e. The Kier molecular flexibility index (Phi) is 4.72. The molecule has 1 spiro atoms. The number of aromatic nitrogens is 2. The van der Waals surface area contributed by atoms with Gasteiger partial charge in [-0.25, -0.2) is 4.98 Å². The molecule has 6 nitrogen and oxygen atoms in total. The molecule has 2 aliphatic rings. The molecule has 134 valence electrons. The number of piperidine rings is 1. The number of anilines is 2. The van der Waals surface area contributed by atoms with Crippen LogP contribution in [0.15, 0.2) is 42.9 Å². The second-order valence-corrected chi connectivity index (χ2v) is 7.22. The minimum atomic E-state index is 0.0644. The number of rotatable bonds is 2. The van der Waals surface area contributed by atoms with E-state index in [0.29, 0.717) is 12.2 Å². The molecule has 0 N–H and O–H groups in total. The summed E-state index contributed by atoms with van der Waals surface area (Å²) in [4.78, 5) is 13.4. The first kappa shape index (κ1) is 16.8. The Bertz CT molecular complexity index is 790. The van der Waals surface area contributed by atoms with Gasteiger partial charge < -0.3 is 14.5 Å². The fourth-order valence-corrected chi connectivity index (χ4v) is 4.09. The average Bonchev–Trinajstić information content (AvgIpc) is 2.91. The number of hydrogen-bond donors (Lipinski definition) is 0. The van der Waals surface area contributed by atoms with Gasteiger partial charge in [-0.2, -0.15) is 5.26 Å². The highest BCUT2D eigenvalue weighted by Gasteiger charge is 2.39. The van der Waals surface area contributed by atoms with Crippen LogP contribution in [0.5, 0.6) is 0 Å². The Balaban J connectivity index is 1.57. The standard InChI is InChI=1S/C20H23N5O/c21-12-17-3-1-4-18(11-17)24-9-10-26-16-20(14-24)5-2-8-25(15-20)19-13-22-6-7-23-19/h1,3-4,6-7,11,13H,2,5,8-10,14-16H2/t20-/m0/s1. The zero-order chi connectivity index (χ0) is 17.8. The lowest BCUT2D eigenvalue weighted by molar-refractivity contribution is 0.0597. The van der Waals surface area contributed by atoms with Crippen LogP contribution in [0.4, 0.5) is 11.5 Å². The summed E-state index contributed by atoms with van der Waals surface area (Å²) in [5.74, 6) is 0.939. The Morgan fingerprint density at radius 3 is 2.92 bits per heavy atom. The van der Waals surface area contributed by atoms with Crippen LogP contribution >= 0.6 is 0 Å². The molecule has 1 aromatic heterocycles. The first-order chi connectivity index (χ1) is 12.8. The van der Waals surface area contributed by atoms with Gasteiger partial charge in [-0.05, 0) is 31.0 Å². The molecule has 2 fully saturated rings. The molecule has 26 heavy (non-hydrogen) atoms. The average molecular weight is 349 g/mol. The first-order valence-corrected chi connectivity index (χ1v) is 9.12. The van der Waals surface area contributed by atoms with Crippen LogP contribution in [0.3, 0.4) is 0 Å². The molecule has 2 aliphatic heterocycles. The highest BCUT2D eigenvalue weighted by Crippen LogP contribution is 2.35. The minimum absolute atomic E-state index is 0.0644. The summed E-state index contributed by atoms with van der Waals surface area (Å²) < 4.78 is 6.01. The van der Waals surface area contributed by atoms with Crippen LogP contribution in [-0.4, -0.2) is 49.4 Å². The fraction of sp³-hybridized carbons (Fsp3) is 0.450. The highest BCUT2D eigenvalue weighted by molar-refractivity contribution is 5.52. The highest BCUT2D eigenvalue weighted by atomic mass is 16.5. The predicted octanol–water partition coefficient (Wildman–Crippen LogP) is 2.47. The van der Waals surface area contributed by atoms with Gasteiger partial charge in [-0.3, -0.25) is 4.98 Å². The van der Waals surface area contributed by atoms with E-state index < -0.39 is 0 Å². The summed E-state index contributed by atoms with van der Waals surface area (Å²) in [7, 11) is 0. The van der Waals surface area contributed by atoms with Crippen molar-refractivity contribution in [3.63, 3.8) is 0 Å². The zero-order valence-corrected chi connectivity index (χ0v) is 14.8. The molecular formula is C20H23N5O. The third-order valence-corrected chi connectivity index (χ3v) is 5.32. The maximum Gasteiger partial charge on any atom is 0.147 e. The monoisotopic (exact) mass is 349 g/mol. The Morgan fingerprint density at radius 2 is 2.08 bits per heavy atom. The minimum Gasteiger partial charge on any atom is -0.379 e. The second kappa shape index (κ2) is 7.30. The third-order valence-electron chi connectivity index (χ3n) is 5.32. The molecule has 0 saturated carbocycles. The van der Waals surface area contributed by atoms with Crippen molar-refractivity contribution >= 4 is 11.5 Å². The lowest BCUT2D eigenvalue weighted by atomic mass is 9.80.